The Bertz CT molecular complexity index is 1210. The number of rotatable bonds is 10. The first kappa shape index (κ1) is 23.0. The van der Waals surface area contributed by atoms with Crippen LogP contribution in [0.3, 0.4) is 0 Å². The van der Waals surface area contributed by atoms with Crippen molar-refractivity contribution in [3.8, 4) is 11.4 Å². The summed E-state index contributed by atoms with van der Waals surface area (Å²) in [5.41, 5.74) is 2.50. The molecule has 0 fully saturated rings. The number of benzene rings is 2. The van der Waals surface area contributed by atoms with Gasteiger partial charge in [0.05, 0.1) is 18.6 Å². The van der Waals surface area contributed by atoms with Crippen LogP contribution in [0.1, 0.15) is 40.2 Å². The van der Waals surface area contributed by atoms with E-state index in [1.807, 2.05) is 54.0 Å². The van der Waals surface area contributed by atoms with Gasteiger partial charge in [-0.15, -0.1) is 21.5 Å². The minimum atomic E-state index is -0.133. The summed E-state index contributed by atoms with van der Waals surface area (Å²) >= 11 is 3.01. The Morgan fingerprint density at radius 2 is 1.91 bits per heavy atom. The minimum absolute atomic E-state index is 0.133. The Balaban J connectivity index is 1.59. The predicted molar refractivity (Wildman–Crippen MR) is 131 cm³/mol. The van der Waals surface area contributed by atoms with Crippen molar-refractivity contribution in [2.24, 2.45) is 0 Å². The second-order valence-corrected chi connectivity index (χ2v) is 9.12. The van der Waals surface area contributed by atoms with Crippen LogP contribution in [0.15, 0.2) is 65.1 Å². The van der Waals surface area contributed by atoms with Gasteiger partial charge >= 0.3 is 0 Å². The van der Waals surface area contributed by atoms with Crippen molar-refractivity contribution >= 4 is 29.0 Å². The van der Waals surface area contributed by atoms with Gasteiger partial charge in [0, 0.05) is 18.3 Å². The van der Waals surface area contributed by atoms with Crippen LogP contribution in [-0.4, -0.2) is 39.3 Å². The third-order valence-corrected chi connectivity index (χ3v) is 6.85. The van der Waals surface area contributed by atoms with Crippen LogP contribution in [0.25, 0.3) is 5.69 Å². The fourth-order valence-corrected chi connectivity index (χ4v) is 5.04. The molecule has 0 unspecified atom stereocenters. The minimum Gasteiger partial charge on any atom is -0.495 e. The van der Waals surface area contributed by atoms with E-state index in [4.69, 9.17) is 4.74 Å². The van der Waals surface area contributed by atoms with Gasteiger partial charge < -0.3 is 10.1 Å². The number of carbonyl (C=O) groups is 1. The third-order valence-electron chi connectivity index (χ3n) is 4.88. The SMILES string of the molecule is CCCNC(=O)c1csc(CSc2nnc(Cc3ccccc3)n2-c2ccccc2OC)n1. The summed E-state index contributed by atoms with van der Waals surface area (Å²) < 4.78 is 7.65. The lowest BCUT2D eigenvalue weighted by molar-refractivity contribution is 0.0949. The first-order valence-electron chi connectivity index (χ1n) is 10.7. The molecule has 0 aliphatic rings. The number of aromatic nitrogens is 4. The van der Waals surface area contributed by atoms with Crippen LogP contribution in [0.4, 0.5) is 0 Å². The van der Waals surface area contributed by atoms with Gasteiger partial charge in [0.15, 0.2) is 5.16 Å². The summed E-state index contributed by atoms with van der Waals surface area (Å²) in [4.78, 5) is 16.7. The Morgan fingerprint density at radius 3 is 2.70 bits per heavy atom. The van der Waals surface area contributed by atoms with E-state index in [9.17, 15) is 4.79 Å². The molecule has 0 atom stereocenters. The quantitative estimate of drug-likeness (QED) is 0.331. The number of thiazole rings is 1. The molecule has 2 aromatic heterocycles. The summed E-state index contributed by atoms with van der Waals surface area (Å²) in [5, 5.41) is 15.2. The van der Waals surface area contributed by atoms with Crippen molar-refractivity contribution in [2.75, 3.05) is 13.7 Å². The second-order valence-electron chi connectivity index (χ2n) is 7.24. The van der Waals surface area contributed by atoms with Crippen LogP contribution >= 0.6 is 23.1 Å². The van der Waals surface area contributed by atoms with E-state index in [0.29, 0.717) is 24.4 Å². The lowest BCUT2D eigenvalue weighted by Crippen LogP contribution is -2.24. The molecule has 0 bridgehead atoms. The molecule has 33 heavy (non-hydrogen) atoms. The number of hydrogen-bond donors (Lipinski definition) is 1. The first-order chi connectivity index (χ1) is 16.2. The molecule has 0 saturated carbocycles. The van der Waals surface area contributed by atoms with E-state index in [0.717, 1.165) is 39.4 Å². The highest BCUT2D eigenvalue weighted by Gasteiger charge is 2.19. The Morgan fingerprint density at radius 1 is 1.12 bits per heavy atom. The average Bonchev–Trinajstić information content (AvgIpc) is 3.49. The molecule has 2 heterocycles. The number of para-hydroxylation sites is 2. The second kappa shape index (κ2) is 11.1. The molecule has 1 N–H and O–H groups in total. The van der Waals surface area contributed by atoms with E-state index in [2.05, 4.69) is 32.6 Å². The molecule has 1 amide bonds. The summed E-state index contributed by atoms with van der Waals surface area (Å²) in [7, 11) is 1.66. The summed E-state index contributed by atoms with van der Waals surface area (Å²) in [6, 6.07) is 18.0. The maximum atomic E-state index is 12.2. The molecular formula is C24H25N5O2S2. The van der Waals surface area contributed by atoms with Gasteiger partial charge in [-0.3, -0.25) is 9.36 Å². The van der Waals surface area contributed by atoms with Gasteiger partial charge in [-0.2, -0.15) is 0 Å². The molecule has 4 aromatic rings. The number of thioether (sulfide) groups is 1. The number of carbonyl (C=O) groups excluding carboxylic acids is 1. The molecule has 4 rings (SSSR count). The first-order valence-corrected chi connectivity index (χ1v) is 12.5. The molecule has 0 saturated heterocycles. The molecule has 170 valence electrons. The predicted octanol–water partition coefficient (Wildman–Crippen LogP) is 4.76. The third kappa shape index (κ3) is 5.61. The van der Waals surface area contributed by atoms with Gasteiger partial charge in [0.25, 0.3) is 5.91 Å². The number of methoxy groups -OCH3 is 1. The van der Waals surface area contributed by atoms with Crippen LogP contribution in [0, 0.1) is 0 Å². The molecule has 9 heteroatoms. The number of ether oxygens (including phenoxy) is 1. The fourth-order valence-electron chi connectivity index (χ4n) is 3.28. The lowest BCUT2D eigenvalue weighted by Gasteiger charge is -2.13. The zero-order valence-corrected chi connectivity index (χ0v) is 20.2. The number of hydrogen-bond acceptors (Lipinski definition) is 7. The Hall–Kier alpha value is -3.17. The van der Waals surface area contributed by atoms with Crippen LogP contribution in [-0.2, 0) is 12.2 Å². The van der Waals surface area contributed by atoms with Crippen molar-refractivity contribution < 1.29 is 9.53 Å². The van der Waals surface area contributed by atoms with E-state index < -0.39 is 0 Å². The smallest absolute Gasteiger partial charge is 0.270 e. The number of amides is 1. The Labute approximate surface area is 201 Å². The maximum absolute atomic E-state index is 12.2. The van der Waals surface area contributed by atoms with Gasteiger partial charge in [-0.05, 0) is 24.1 Å². The van der Waals surface area contributed by atoms with Crippen LogP contribution < -0.4 is 10.1 Å². The number of nitrogens with one attached hydrogen (secondary N) is 1. The largest absolute Gasteiger partial charge is 0.495 e. The maximum Gasteiger partial charge on any atom is 0.270 e. The molecule has 0 aliphatic heterocycles. The normalized spacial score (nSPS) is 10.8. The van der Waals surface area contributed by atoms with Gasteiger partial charge in [0.1, 0.15) is 22.3 Å². The molecule has 0 aliphatic carbocycles. The summed E-state index contributed by atoms with van der Waals surface area (Å²) in [6.45, 7) is 2.67. The standard InChI is InChI=1S/C24H25N5O2S2/c1-3-13-25-23(30)18-15-32-22(26-18)16-33-24-28-27-21(14-17-9-5-4-6-10-17)29(24)19-11-7-8-12-20(19)31-2/h4-12,15H,3,13-14,16H2,1-2H3,(H,25,30). The molecule has 0 radical (unpaired) electrons. The lowest BCUT2D eigenvalue weighted by atomic mass is 10.1. The summed E-state index contributed by atoms with van der Waals surface area (Å²) in [6.07, 6.45) is 1.54. The molecular weight excluding hydrogens is 454 g/mol. The van der Waals surface area contributed by atoms with Crippen LogP contribution in [0.5, 0.6) is 5.75 Å². The average molecular weight is 480 g/mol. The Kier molecular flexibility index (Phi) is 7.74. The van der Waals surface area contributed by atoms with E-state index in [1.54, 1.807) is 12.5 Å². The molecule has 2 aromatic carbocycles. The van der Waals surface area contributed by atoms with Crippen molar-refractivity contribution in [3.63, 3.8) is 0 Å². The topological polar surface area (TPSA) is 81.9 Å². The van der Waals surface area contributed by atoms with Crippen molar-refractivity contribution in [1.82, 2.24) is 25.1 Å². The van der Waals surface area contributed by atoms with Gasteiger partial charge in [-0.1, -0.05) is 61.2 Å². The molecule has 0 spiro atoms. The zero-order valence-electron chi connectivity index (χ0n) is 18.5. The van der Waals surface area contributed by atoms with Gasteiger partial charge in [-0.25, -0.2) is 4.98 Å². The summed E-state index contributed by atoms with van der Waals surface area (Å²) in [5.74, 6) is 2.03. The fraction of sp³-hybridized carbons (Fsp3) is 0.250. The van der Waals surface area contributed by atoms with E-state index in [1.165, 1.54) is 23.1 Å². The van der Waals surface area contributed by atoms with E-state index >= 15 is 0 Å². The van der Waals surface area contributed by atoms with E-state index in [-0.39, 0.29) is 5.91 Å². The highest BCUT2D eigenvalue weighted by molar-refractivity contribution is 7.98. The van der Waals surface area contributed by atoms with Crippen molar-refractivity contribution in [1.29, 1.82) is 0 Å². The van der Waals surface area contributed by atoms with Crippen LogP contribution in [0.2, 0.25) is 0 Å². The van der Waals surface area contributed by atoms with Gasteiger partial charge in [0.2, 0.25) is 0 Å². The zero-order chi connectivity index (χ0) is 23.0. The van der Waals surface area contributed by atoms with Crippen molar-refractivity contribution in [2.45, 2.75) is 30.7 Å². The molecule has 7 nitrogen and oxygen atoms in total. The highest BCUT2D eigenvalue weighted by Crippen LogP contribution is 2.31. The highest BCUT2D eigenvalue weighted by atomic mass is 32.2. The monoisotopic (exact) mass is 479 g/mol. The van der Waals surface area contributed by atoms with Crippen molar-refractivity contribution in [3.05, 3.63) is 82.1 Å². The number of nitrogens with zero attached hydrogens (tertiary/aromatic N) is 4.